The molecule has 0 unspecified atom stereocenters. The molecule has 2 rings (SSSR count). The number of benzene rings is 1. The SMILES string of the molecule is Cc1ccc(OCCN(C)C(=O)[C@@H]2CCC[C@@H]2CN)cc1. The van der Waals surface area contributed by atoms with Crippen molar-refractivity contribution in [1.29, 1.82) is 0 Å². The Labute approximate surface area is 127 Å². The first-order valence-corrected chi connectivity index (χ1v) is 7.76. The van der Waals surface area contributed by atoms with Gasteiger partial charge in [0.15, 0.2) is 0 Å². The molecule has 2 N–H and O–H groups in total. The fourth-order valence-electron chi connectivity index (χ4n) is 2.97. The number of carbonyl (C=O) groups is 1. The van der Waals surface area contributed by atoms with Gasteiger partial charge in [0.05, 0.1) is 6.54 Å². The maximum Gasteiger partial charge on any atom is 0.225 e. The van der Waals surface area contributed by atoms with Crippen molar-refractivity contribution < 1.29 is 9.53 Å². The number of nitrogens with two attached hydrogens (primary N) is 1. The van der Waals surface area contributed by atoms with Gasteiger partial charge in [-0.3, -0.25) is 4.79 Å². The lowest BCUT2D eigenvalue weighted by atomic mass is 9.95. The quantitative estimate of drug-likeness (QED) is 0.874. The minimum Gasteiger partial charge on any atom is -0.492 e. The number of hydrogen-bond donors (Lipinski definition) is 1. The molecular formula is C17H26N2O2. The summed E-state index contributed by atoms with van der Waals surface area (Å²) in [7, 11) is 1.85. The van der Waals surface area contributed by atoms with Crippen LogP contribution in [0.5, 0.6) is 5.75 Å². The van der Waals surface area contributed by atoms with E-state index in [0.717, 1.165) is 25.0 Å². The molecule has 0 radical (unpaired) electrons. The van der Waals surface area contributed by atoms with E-state index in [9.17, 15) is 4.79 Å². The zero-order chi connectivity index (χ0) is 15.2. The summed E-state index contributed by atoms with van der Waals surface area (Å²) in [5, 5.41) is 0. The summed E-state index contributed by atoms with van der Waals surface area (Å²) in [5.41, 5.74) is 6.97. The molecule has 1 saturated carbocycles. The number of rotatable bonds is 6. The fraction of sp³-hybridized carbons (Fsp3) is 0.588. The zero-order valence-corrected chi connectivity index (χ0v) is 13.0. The second-order valence-electron chi connectivity index (χ2n) is 5.95. The third kappa shape index (κ3) is 4.21. The molecule has 21 heavy (non-hydrogen) atoms. The van der Waals surface area contributed by atoms with Crippen LogP contribution in [0.15, 0.2) is 24.3 Å². The van der Waals surface area contributed by atoms with Crippen LogP contribution in [0.3, 0.4) is 0 Å². The van der Waals surface area contributed by atoms with Crippen LogP contribution in [-0.4, -0.2) is 37.6 Å². The minimum absolute atomic E-state index is 0.111. The van der Waals surface area contributed by atoms with Crippen molar-refractivity contribution in [2.45, 2.75) is 26.2 Å². The van der Waals surface area contributed by atoms with Gasteiger partial charge in [0, 0.05) is 13.0 Å². The highest BCUT2D eigenvalue weighted by atomic mass is 16.5. The molecule has 0 saturated heterocycles. The molecule has 4 heteroatoms. The molecule has 0 spiro atoms. The first kappa shape index (κ1) is 15.8. The highest BCUT2D eigenvalue weighted by molar-refractivity contribution is 5.79. The van der Waals surface area contributed by atoms with Gasteiger partial charge in [-0.2, -0.15) is 0 Å². The summed E-state index contributed by atoms with van der Waals surface area (Å²) in [6, 6.07) is 7.96. The Balaban J connectivity index is 1.77. The van der Waals surface area contributed by atoms with E-state index in [0.29, 0.717) is 25.6 Å². The average Bonchev–Trinajstić information content (AvgIpc) is 2.96. The summed E-state index contributed by atoms with van der Waals surface area (Å²) in [6.07, 6.45) is 3.18. The number of aryl methyl sites for hydroxylation is 1. The fourth-order valence-corrected chi connectivity index (χ4v) is 2.97. The third-order valence-corrected chi connectivity index (χ3v) is 4.37. The normalized spacial score (nSPS) is 21.3. The molecule has 0 bridgehead atoms. The Kier molecular flexibility index (Phi) is 5.62. The summed E-state index contributed by atoms with van der Waals surface area (Å²) >= 11 is 0. The van der Waals surface area contributed by atoms with Crippen LogP contribution in [0.4, 0.5) is 0 Å². The number of ether oxygens (including phenoxy) is 1. The predicted octanol–water partition coefficient (Wildman–Crippen LogP) is 2.21. The molecule has 116 valence electrons. The highest BCUT2D eigenvalue weighted by Gasteiger charge is 2.33. The molecule has 1 aliphatic rings. The minimum atomic E-state index is 0.111. The van der Waals surface area contributed by atoms with E-state index < -0.39 is 0 Å². The van der Waals surface area contributed by atoms with Gasteiger partial charge >= 0.3 is 0 Å². The zero-order valence-electron chi connectivity index (χ0n) is 13.0. The van der Waals surface area contributed by atoms with Crippen molar-refractivity contribution in [2.75, 3.05) is 26.7 Å². The first-order valence-electron chi connectivity index (χ1n) is 7.76. The first-order chi connectivity index (χ1) is 10.1. The van der Waals surface area contributed by atoms with Crippen LogP contribution >= 0.6 is 0 Å². The lowest BCUT2D eigenvalue weighted by molar-refractivity contribution is -0.135. The van der Waals surface area contributed by atoms with Gasteiger partial charge in [-0.1, -0.05) is 24.1 Å². The van der Waals surface area contributed by atoms with Gasteiger partial charge in [0.25, 0.3) is 0 Å². The van der Waals surface area contributed by atoms with Crippen LogP contribution in [-0.2, 0) is 4.79 Å². The molecular weight excluding hydrogens is 264 g/mol. The second kappa shape index (κ2) is 7.46. The van der Waals surface area contributed by atoms with Crippen LogP contribution in [0.1, 0.15) is 24.8 Å². The smallest absolute Gasteiger partial charge is 0.225 e. The molecule has 0 aromatic heterocycles. The van der Waals surface area contributed by atoms with Gasteiger partial charge in [0.2, 0.25) is 5.91 Å². The van der Waals surface area contributed by atoms with E-state index in [1.54, 1.807) is 4.90 Å². The van der Waals surface area contributed by atoms with Crippen molar-refractivity contribution in [2.24, 2.45) is 17.6 Å². The summed E-state index contributed by atoms with van der Waals surface area (Å²) < 4.78 is 5.68. The molecule has 1 aromatic carbocycles. The van der Waals surface area contributed by atoms with Crippen molar-refractivity contribution in [3.63, 3.8) is 0 Å². The summed E-state index contributed by atoms with van der Waals surface area (Å²) in [5.74, 6) is 1.54. The highest BCUT2D eigenvalue weighted by Crippen LogP contribution is 2.32. The van der Waals surface area contributed by atoms with Gasteiger partial charge < -0.3 is 15.4 Å². The number of carbonyl (C=O) groups excluding carboxylic acids is 1. The Bertz CT molecular complexity index is 458. The Morgan fingerprint density at radius 1 is 1.33 bits per heavy atom. The third-order valence-electron chi connectivity index (χ3n) is 4.37. The van der Waals surface area contributed by atoms with Crippen LogP contribution in [0.25, 0.3) is 0 Å². The van der Waals surface area contributed by atoms with Crippen molar-refractivity contribution in [3.05, 3.63) is 29.8 Å². The molecule has 1 fully saturated rings. The van der Waals surface area contributed by atoms with E-state index in [-0.39, 0.29) is 11.8 Å². The largest absolute Gasteiger partial charge is 0.492 e. The Morgan fingerprint density at radius 2 is 2.05 bits per heavy atom. The molecule has 0 aliphatic heterocycles. The second-order valence-corrected chi connectivity index (χ2v) is 5.95. The predicted molar refractivity (Wildman–Crippen MR) is 84.2 cm³/mol. The molecule has 1 amide bonds. The van der Waals surface area contributed by atoms with Crippen LogP contribution < -0.4 is 10.5 Å². The molecule has 4 nitrogen and oxygen atoms in total. The average molecular weight is 290 g/mol. The van der Waals surface area contributed by atoms with E-state index in [1.807, 2.05) is 38.2 Å². The number of likely N-dealkylation sites (N-methyl/N-ethyl adjacent to an activating group) is 1. The van der Waals surface area contributed by atoms with Crippen LogP contribution in [0.2, 0.25) is 0 Å². The van der Waals surface area contributed by atoms with Crippen molar-refractivity contribution in [3.8, 4) is 5.75 Å². The number of hydrogen-bond acceptors (Lipinski definition) is 3. The molecule has 0 heterocycles. The summed E-state index contributed by atoms with van der Waals surface area (Å²) in [6.45, 7) is 3.79. The Morgan fingerprint density at radius 3 is 2.71 bits per heavy atom. The van der Waals surface area contributed by atoms with Crippen LogP contribution in [0, 0.1) is 18.8 Å². The summed E-state index contributed by atoms with van der Waals surface area (Å²) in [4.78, 5) is 14.2. The lowest BCUT2D eigenvalue weighted by Crippen LogP contribution is -2.38. The number of amides is 1. The lowest BCUT2D eigenvalue weighted by Gasteiger charge is -2.24. The van der Waals surface area contributed by atoms with E-state index in [1.165, 1.54) is 5.56 Å². The Hall–Kier alpha value is -1.55. The van der Waals surface area contributed by atoms with Gasteiger partial charge in [-0.15, -0.1) is 0 Å². The molecule has 1 aromatic rings. The topological polar surface area (TPSA) is 55.6 Å². The van der Waals surface area contributed by atoms with E-state index in [4.69, 9.17) is 10.5 Å². The maximum atomic E-state index is 12.4. The van der Waals surface area contributed by atoms with Gasteiger partial charge in [0.1, 0.15) is 12.4 Å². The monoisotopic (exact) mass is 290 g/mol. The van der Waals surface area contributed by atoms with Gasteiger partial charge in [-0.05, 0) is 44.4 Å². The van der Waals surface area contributed by atoms with E-state index in [2.05, 4.69) is 0 Å². The maximum absolute atomic E-state index is 12.4. The van der Waals surface area contributed by atoms with Crippen molar-refractivity contribution >= 4 is 5.91 Å². The standard InChI is InChI=1S/C17H26N2O2/c1-13-6-8-15(9-7-13)21-11-10-19(2)17(20)16-5-3-4-14(16)12-18/h6-9,14,16H,3-5,10-12,18H2,1-2H3/t14-,16-/m1/s1. The molecule has 1 aliphatic carbocycles. The number of nitrogens with zero attached hydrogens (tertiary/aromatic N) is 1. The van der Waals surface area contributed by atoms with E-state index >= 15 is 0 Å². The van der Waals surface area contributed by atoms with Gasteiger partial charge in [-0.25, -0.2) is 0 Å². The van der Waals surface area contributed by atoms with Crippen molar-refractivity contribution in [1.82, 2.24) is 4.90 Å². The molecule has 2 atom stereocenters.